The highest BCUT2D eigenvalue weighted by molar-refractivity contribution is 5.84. The smallest absolute Gasteiger partial charge is 0.226 e. The fourth-order valence-electron chi connectivity index (χ4n) is 8.03. The van der Waals surface area contributed by atoms with Crippen LogP contribution < -0.4 is 0 Å². The number of para-hydroxylation sites is 1. The second-order valence-corrected chi connectivity index (χ2v) is 11.0. The fourth-order valence-corrected chi connectivity index (χ4v) is 8.03. The molecule has 1 saturated carbocycles. The molecule has 1 aromatic carbocycles. The lowest BCUT2D eigenvalue weighted by Crippen LogP contribution is -2.53. The summed E-state index contributed by atoms with van der Waals surface area (Å²) in [6.45, 7) is 7.91. The van der Waals surface area contributed by atoms with Crippen molar-refractivity contribution in [2.75, 3.05) is 6.54 Å². The summed E-state index contributed by atoms with van der Waals surface area (Å²) in [5.41, 5.74) is 5.62. The third-order valence-corrected chi connectivity index (χ3v) is 9.67. The summed E-state index contributed by atoms with van der Waals surface area (Å²) in [5, 5.41) is 1.23. The molecule has 0 spiro atoms. The lowest BCUT2D eigenvalue weighted by atomic mass is 9.49. The van der Waals surface area contributed by atoms with Gasteiger partial charge in [0, 0.05) is 35.7 Å². The van der Waals surface area contributed by atoms with Gasteiger partial charge in [-0.25, -0.2) is 0 Å². The SMILES string of the molecule is CCN1C(=O)CC[C@@]2(C)C1=CC[C@@H]1[C@@H]2CC[C@]2(C)C(c3cnc4ccccc4c3)=CC[C@@H]12. The van der Waals surface area contributed by atoms with Crippen molar-refractivity contribution < 1.29 is 4.79 Å². The zero-order valence-electron chi connectivity index (χ0n) is 19.6. The maximum Gasteiger partial charge on any atom is 0.226 e. The molecule has 1 amide bonds. The van der Waals surface area contributed by atoms with E-state index >= 15 is 0 Å². The van der Waals surface area contributed by atoms with Crippen LogP contribution in [0.15, 0.2) is 54.4 Å². The minimum atomic E-state index is 0.154. The second-order valence-electron chi connectivity index (χ2n) is 11.0. The number of rotatable bonds is 2. The summed E-state index contributed by atoms with van der Waals surface area (Å²) < 4.78 is 0. The van der Waals surface area contributed by atoms with Crippen molar-refractivity contribution in [1.29, 1.82) is 0 Å². The van der Waals surface area contributed by atoms with Crippen molar-refractivity contribution in [3.05, 3.63) is 59.9 Å². The first-order valence-electron chi connectivity index (χ1n) is 12.5. The van der Waals surface area contributed by atoms with Gasteiger partial charge in [0.1, 0.15) is 0 Å². The molecule has 166 valence electrons. The largest absolute Gasteiger partial charge is 0.316 e. The predicted octanol–water partition coefficient (Wildman–Crippen LogP) is 6.61. The number of carbonyl (C=O) groups is 1. The Morgan fingerprint density at radius 2 is 1.91 bits per heavy atom. The van der Waals surface area contributed by atoms with Crippen LogP contribution in [0.1, 0.15) is 64.9 Å². The van der Waals surface area contributed by atoms with Crippen molar-refractivity contribution in [3.63, 3.8) is 0 Å². The number of hydrogen-bond donors (Lipinski definition) is 0. The Morgan fingerprint density at radius 3 is 2.75 bits per heavy atom. The zero-order chi connectivity index (χ0) is 22.1. The van der Waals surface area contributed by atoms with Crippen LogP contribution in [0, 0.1) is 28.6 Å². The number of hydrogen-bond acceptors (Lipinski definition) is 2. The second kappa shape index (κ2) is 7.04. The van der Waals surface area contributed by atoms with Gasteiger partial charge in [0.15, 0.2) is 0 Å². The van der Waals surface area contributed by atoms with Crippen LogP contribution in [0.3, 0.4) is 0 Å². The van der Waals surface area contributed by atoms with Crippen LogP contribution in [-0.2, 0) is 4.79 Å². The topological polar surface area (TPSA) is 33.2 Å². The number of pyridine rings is 1. The number of piperidine rings is 1. The molecule has 1 saturated heterocycles. The monoisotopic (exact) mass is 426 g/mol. The molecule has 0 N–H and O–H groups in total. The summed E-state index contributed by atoms with van der Waals surface area (Å²) >= 11 is 0. The van der Waals surface area contributed by atoms with E-state index in [4.69, 9.17) is 4.98 Å². The van der Waals surface area contributed by atoms with Gasteiger partial charge in [0.05, 0.1) is 5.52 Å². The van der Waals surface area contributed by atoms with Gasteiger partial charge in [-0.3, -0.25) is 9.78 Å². The van der Waals surface area contributed by atoms with E-state index < -0.39 is 0 Å². The average Bonchev–Trinajstić information content (AvgIpc) is 3.16. The molecule has 2 fully saturated rings. The molecule has 0 radical (unpaired) electrons. The van der Waals surface area contributed by atoms with Gasteiger partial charge < -0.3 is 4.90 Å². The molecular weight excluding hydrogens is 392 g/mol. The molecule has 1 aromatic heterocycles. The minimum absolute atomic E-state index is 0.154. The Bertz CT molecular complexity index is 1160. The molecule has 0 unspecified atom stereocenters. The summed E-state index contributed by atoms with van der Waals surface area (Å²) in [5.74, 6) is 2.40. The Balaban J connectivity index is 1.34. The summed E-state index contributed by atoms with van der Waals surface area (Å²) in [6, 6.07) is 10.8. The first-order valence-corrected chi connectivity index (χ1v) is 12.5. The van der Waals surface area contributed by atoms with Crippen molar-refractivity contribution in [1.82, 2.24) is 9.88 Å². The van der Waals surface area contributed by atoms with Crippen LogP contribution in [0.5, 0.6) is 0 Å². The van der Waals surface area contributed by atoms with Gasteiger partial charge >= 0.3 is 0 Å². The molecule has 2 heterocycles. The number of amides is 1. The van der Waals surface area contributed by atoms with Gasteiger partial charge in [0.25, 0.3) is 0 Å². The van der Waals surface area contributed by atoms with Crippen LogP contribution in [-0.4, -0.2) is 22.3 Å². The van der Waals surface area contributed by atoms with Crippen LogP contribution in [0.4, 0.5) is 0 Å². The van der Waals surface area contributed by atoms with E-state index in [1.165, 1.54) is 41.5 Å². The molecule has 2 aromatic rings. The van der Waals surface area contributed by atoms with E-state index in [1.54, 1.807) is 0 Å². The molecule has 4 aliphatic rings. The van der Waals surface area contributed by atoms with E-state index in [2.05, 4.69) is 74.4 Å². The van der Waals surface area contributed by atoms with E-state index in [9.17, 15) is 4.79 Å². The molecule has 6 rings (SSSR count). The Labute approximate surface area is 191 Å². The van der Waals surface area contributed by atoms with Gasteiger partial charge in [0.2, 0.25) is 5.91 Å². The van der Waals surface area contributed by atoms with Gasteiger partial charge in [-0.15, -0.1) is 0 Å². The zero-order valence-corrected chi connectivity index (χ0v) is 19.6. The maximum atomic E-state index is 12.6. The number of carbonyl (C=O) groups excluding carboxylic acids is 1. The molecule has 1 aliphatic heterocycles. The minimum Gasteiger partial charge on any atom is -0.316 e. The fraction of sp³-hybridized carbons (Fsp3) is 0.517. The Kier molecular flexibility index (Phi) is 4.44. The molecule has 32 heavy (non-hydrogen) atoms. The van der Waals surface area contributed by atoms with Gasteiger partial charge in [-0.2, -0.15) is 0 Å². The van der Waals surface area contributed by atoms with Gasteiger partial charge in [-0.05, 0) is 85.5 Å². The Hall–Kier alpha value is -2.42. The lowest BCUT2D eigenvalue weighted by molar-refractivity contribution is -0.136. The van der Waals surface area contributed by atoms with Crippen LogP contribution in [0.2, 0.25) is 0 Å². The number of aromatic nitrogens is 1. The molecule has 3 heteroatoms. The first kappa shape index (κ1) is 20.2. The number of fused-ring (bicyclic) bond motifs is 6. The lowest BCUT2D eigenvalue weighted by Gasteiger charge is -2.58. The Morgan fingerprint density at radius 1 is 1.06 bits per heavy atom. The normalized spacial score (nSPS) is 36.3. The number of benzene rings is 1. The van der Waals surface area contributed by atoms with Crippen molar-refractivity contribution >= 4 is 22.4 Å². The molecule has 3 nitrogen and oxygen atoms in total. The highest BCUT2D eigenvalue weighted by atomic mass is 16.2. The van der Waals surface area contributed by atoms with E-state index in [0.29, 0.717) is 30.1 Å². The third-order valence-electron chi connectivity index (χ3n) is 9.67. The highest BCUT2D eigenvalue weighted by Gasteiger charge is 2.57. The third kappa shape index (κ3) is 2.66. The number of likely N-dealkylation sites (tertiary alicyclic amines) is 1. The first-order chi connectivity index (χ1) is 15.5. The van der Waals surface area contributed by atoms with Crippen molar-refractivity contribution in [2.45, 2.75) is 59.3 Å². The van der Waals surface area contributed by atoms with Crippen molar-refractivity contribution in [2.24, 2.45) is 28.6 Å². The van der Waals surface area contributed by atoms with E-state index in [0.717, 1.165) is 24.9 Å². The number of nitrogens with zero attached hydrogens (tertiary/aromatic N) is 2. The maximum absolute atomic E-state index is 12.6. The predicted molar refractivity (Wildman–Crippen MR) is 130 cm³/mol. The number of allylic oxidation sites excluding steroid dienone is 4. The highest BCUT2D eigenvalue weighted by Crippen LogP contribution is 2.66. The molecule has 5 atom stereocenters. The summed E-state index contributed by atoms with van der Waals surface area (Å²) in [6.07, 6.45) is 13.6. The van der Waals surface area contributed by atoms with Crippen LogP contribution >= 0.6 is 0 Å². The van der Waals surface area contributed by atoms with E-state index in [-0.39, 0.29) is 10.8 Å². The standard InChI is InChI=1S/C29H34N2O/c1-4-31-26-12-9-21-23-11-10-22(20-17-19-7-5-6-8-25(19)30-18-20)28(23,2)15-13-24(21)29(26,3)16-14-27(31)32/h5-8,10,12,17-18,21,23-24H,4,9,11,13-16H2,1-3H3/t21-,23-,24-,28+,29+/m0/s1. The average molecular weight is 427 g/mol. The van der Waals surface area contributed by atoms with Crippen LogP contribution in [0.25, 0.3) is 16.5 Å². The van der Waals surface area contributed by atoms with Gasteiger partial charge in [-0.1, -0.05) is 44.2 Å². The molecule has 3 aliphatic carbocycles. The molecule has 0 bridgehead atoms. The summed E-state index contributed by atoms with van der Waals surface area (Å²) in [4.78, 5) is 19.4. The van der Waals surface area contributed by atoms with E-state index in [1.807, 2.05) is 0 Å². The van der Waals surface area contributed by atoms with Crippen molar-refractivity contribution in [3.8, 4) is 0 Å². The quantitative estimate of drug-likeness (QED) is 0.541. The summed E-state index contributed by atoms with van der Waals surface area (Å²) in [7, 11) is 0. The molecular formula is C29H34N2O.